The molecule has 0 radical (unpaired) electrons. The highest BCUT2D eigenvalue weighted by Gasteiger charge is 2.12. The predicted molar refractivity (Wildman–Crippen MR) is 104 cm³/mol. The van der Waals surface area contributed by atoms with Gasteiger partial charge in [0, 0.05) is 23.0 Å². The normalized spacial score (nSPS) is 10.3. The SMILES string of the molecule is O=C(Nc1ccccc1)Nc1ccccc1Sc1c(Cl)cncc1Cl. The van der Waals surface area contributed by atoms with E-state index >= 15 is 0 Å². The molecule has 0 saturated carbocycles. The lowest BCUT2D eigenvalue weighted by atomic mass is 10.3. The molecule has 0 aliphatic rings. The number of anilines is 2. The van der Waals surface area contributed by atoms with Crippen LogP contribution in [0.4, 0.5) is 16.2 Å². The topological polar surface area (TPSA) is 54.0 Å². The van der Waals surface area contributed by atoms with Crippen LogP contribution in [0.1, 0.15) is 0 Å². The van der Waals surface area contributed by atoms with Crippen molar-refractivity contribution >= 4 is 52.4 Å². The average Bonchev–Trinajstić information content (AvgIpc) is 2.60. The van der Waals surface area contributed by atoms with Gasteiger partial charge in [-0.3, -0.25) is 4.98 Å². The summed E-state index contributed by atoms with van der Waals surface area (Å²) in [4.78, 5) is 17.7. The molecule has 0 saturated heterocycles. The molecule has 1 aromatic heterocycles. The van der Waals surface area contributed by atoms with Crippen molar-refractivity contribution < 1.29 is 4.79 Å². The first-order valence-electron chi connectivity index (χ1n) is 7.32. The Kier molecular flexibility index (Phi) is 5.81. The molecule has 7 heteroatoms. The number of aromatic nitrogens is 1. The molecule has 2 aromatic carbocycles. The molecule has 2 amide bonds. The van der Waals surface area contributed by atoms with Gasteiger partial charge in [-0.2, -0.15) is 0 Å². The lowest BCUT2D eigenvalue weighted by molar-refractivity contribution is 0.262. The third-order valence-corrected chi connectivity index (χ3v) is 5.21. The van der Waals surface area contributed by atoms with Gasteiger partial charge in [0.25, 0.3) is 0 Å². The molecule has 0 spiro atoms. The summed E-state index contributed by atoms with van der Waals surface area (Å²) in [5.74, 6) is 0. The van der Waals surface area contributed by atoms with E-state index in [4.69, 9.17) is 23.2 Å². The van der Waals surface area contributed by atoms with Crippen molar-refractivity contribution in [1.29, 1.82) is 0 Å². The number of hydrogen-bond donors (Lipinski definition) is 2. The molecule has 0 bridgehead atoms. The third-order valence-electron chi connectivity index (χ3n) is 3.19. The van der Waals surface area contributed by atoms with Crippen molar-refractivity contribution in [3.63, 3.8) is 0 Å². The van der Waals surface area contributed by atoms with Crippen LogP contribution >= 0.6 is 35.0 Å². The van der Waals surface area contributed by atoms with Crippen molar-refractivity contribution in [1.82, 2.24) is 4.98 Å². The van der Waals surface area contributed by atoms with Gasteiger partial charge in [0.2, 0.25) is 0 Å². The maximum atomic E-state index is 12.2. The number of nitrogens with one attached hydrogen (secondary N) is 2. The van der Waals surface area contributed by atoms with E-state index in [-0.39, 0.29) is 6.03 Å². The third kappa shape index (κ3) is 4.66. The van der Waals surface area contributed by atoms with Crippen molar-refractivity contribution in [3.05, 3.63) is 77.0 Å². The number of para-hydroxylation sites is 2. The molecule has 4 nitrogen and oxygen atoms in total. The van der Waals surface area contributed by atoms with Crippen LogP contribution in [0.3, 0.4) is 0 Å². The molecule has 1 heterocycles. The Bertz CT molecular complexity index is 870. The molecule has 0 aliphatic heterocycles. The van der Waals surface area contributed by atoms with Gasteiger partial charge in [0.15, 0.2) is 0 Å². The van der Waals surface area contributed by atoms with Gasteiger partial charge in [0.1, 0.15) is 0 Å². The smallest absolute Gasteiger partial charge is 0.308 e. The van der Waals surface area contributed by atoms with Gasteiger partial charge in [-0.25, -0.2) is 4.79 Å². The van der Waals surface area contributed by atoms with Crippen LogP contribution in [0, 0.1) is 0 Å². The summed E-state index contributed by atoms with van der Waals surface area (Å²) >= 11 is 13.7. The number of halogens is 2. The fourth-order valence-corrected chi connectivity index (χ4v) is 3.56. The Morgan fingerprint density at radius 3 is 2.24 bits per heavy atom. The standard InChI is InChI=1S/C18H13Cl2N3OS/c19-13-10-21-11-14(20)17(13)25-16-9-5-4-8-15(16)23-18(24)22-12-6-2-1-3-7-12/h1-11H,(H2,22,23,24). The monoisotopic (exact) mass is 389 g/mol. The van der Waals surface area contributed by atoms with Crippen LogP contribution < -0.4 is 10.6 Å². The number of carbonyl (C=O) groups excluding carboxylic acids is 1. The fraction of sp³-hybridized carbons (Fsp3) is 0. The molecule has 0 unspecified atom stereocenters. The van der Waals surface area contributed by atoms with E-state index in [1.54, 1.807) is 0 Å². The zero-order valence-electron chi connectivity index (χ0n) is 12.9. The Labute approximate surface area is 159 Å². The number of pyridine rings is 1. The summed E-state index contributed by atoms with van der Waals surface area (Å²) in [7, 11) is 0. The molecule has 3 aromatic rings. The molecule has 126 valence electrons. The summed E-state index contributed by atoms with van der Waals surface area (Å²) in [5, 5.41) is 6.55. The van der Waals surface area contributed by atoms with Gasteiger partial charge in [-0.1, -0.05) is 65.3 Å². The highest BCUT2D eigenvalue weighted by Crippen LogP contribution is 2.40. The zero-order valence-corrected chi connectivity index (χ0v) is 15.2. The van der Waals surface area contributed by atoms with Crippen LogP contribution in [0.2, 0.25) is 10.0 Å². The molecular weight excluding hydrogens is 377 g/mol. The average molecular weight is 390 g/mol. The molecule has 25 heavy (non-hydrogen) atoms. The molecule has 3 rings (SSSR count). The van der Waals surface area contributed by atoms with E-state index in [0.29, 0.717) is 26.3 Å². The maximum Gasteiger partial charge on any atom is 0.323 e. The predicted octanol–water partition coefficient (Wildman–Crippen LogP) is 6.18. The van der Waals surface area contributed by atoms with Crippen LogP contribution in [0.5, 0.6) is 0 Å². The van der Waals surface area contributed by atoms with Crippen molar-refractivity contribution in [3.8, 4) is 0 Å². The number of benzene rings is 2. The minimum atomic E-state index is -0.328. The number of urea groups is 1. The quantitative estimate of drug-likeness (QED) is 0.559. The van der Waals surface area contributed by atoms with E-state index in [2.05, 4.69) is 15.6 Å². The van der Waals surface area contributed by atoms with E-state index in [9.17, 15) is 4.79 Å². The summed E-state index contributed by atoms with van der Waals surface area (Å²) < 4.78 is 0. The number of carbonyl (C=O) groups is 1. The Balaban J connectivity index is 1.78. The highest BCUT2D eigenvalue weighted by molar-refractivity contribution is 7.99. The number of rotatable bonds is 4. The van der Waals surface area contributed by atoms with Crippen molar-refractivity contribution in [2.45, 2.75) is 9.79 Å². The summed E-state index contributed by atoms with van der Waals surface area (Å²) in [6.45, 7) is 0. The second-order valence-electron chi connectivity index (χ2n) is 4.98. The largest absolute Gasteiger partial charge is 0.323 e. The van der Waals surface area contributed by atoms with E-state index < -0.39 is 0 Å². The lowest BCUT2D eigenvalue weighted by Crippen LogP contribution is -2.19. The first kappa shape index (κ1) is 17.6. The summed E-state index contributed by atoms with van der Waals surface area (Å²) in [6.07, 6.45) is 3.07. The molecule has 0 atom stereocenters. The second-order valence-corrected chi connectivity index (χ2v) is 6.84. The first-order valence-corrected chi connectivity index (χ1v) is 8.89. The van der Waals surface area contributed by atoms with Crippen molar-refractivity contribution in [2.75, 3.05) is 10.6 Å². The van der Waals surface area contributed by atoms with Gasteiger partial charge in [-0.05, 0) is 24.3 Å². The second kappa shape index (κ2) is 8.25. The minimum absolute atomic E-state index is 0.328. The maximum absolute atomic E-state index is 12.2. The molecular formula is C18H13Cl2N3OS. The number of amides is 2. The van der Waals surface area contributed by atoms with Crippen LogP contribution in [0.25, 0.3) is 0 Å². The Morgan fingerprint density at radius 1 is 0.880 bits per heavy atom. The van der Waals surface area contributed by atoms with Gasteiger partial charge in [0.05, 0.1) is 20.6 Å². The van der Waals surface area contributed by atoms with Crippen LogP contribution in [0.15, 0.2) is 76.8 Å². The summed E-state index contributed by atoms with van der Waals surface area (Å²) in [5.41, 5.74) is 1.37. The van der Waals surface area contributed by atoms with Crippen LogP contribution in [-0.4, -0.2) is 11.0 Å². The fourth-order valence-electron chi connectivity index (χ4n) is 2.07. The van der Waals surface area contributed by atoms with E-state index in [1.807, 2.05) is 54.6 Å². The summed E-state index contributed by atoms with van der Waals surface area (Å²) in [6, 6.07) is 16.3. The van der Waals surface area contributed by atoms with Gasteiger partial charge >= 0.3 is 6.03 Å². The van der Waals surface area contributed by atoms with Crippen LogP contribution in [-0.2, 0) is 0 Å². The number of hydrogen-bond acceptors (Lipinski definition) is 3. The van der Waals surface area contributed by atoms with Gasteiger partial charge < -0.3 is 10.6 Å². The van der Waals surface area contributed by atoms with E-state index in [1.165, 1.54) is 24.2 Å². The minimum Gasteiger partial charge on any atom is -0.308 e. The lowest BCUT2D eigenvalue weighted by Gasteiger charge is -2.13. The molecule has 0 aliphatic carbocycles. The Morgan fingerprint density at radius 2 is 1.52 bits per heavy atom. The van der Waals surface area contributed by atoms with Gasteiger partial charge in [-0.15, -0.1) is 0 Å². The molecule has 2 N–H and O–H groups in total. The zero-order chi connectivity index (χ0) is 17.6. The highest BCUT2D eigenvalue weighted by atomic mass is 35.5. The number of nitrogens with zero attached hydrogens (tertiary/aromatic N) is 1. The molecule has 0 fully saturated rings. The Hall–Kier alpha value is -2.21. The first-order chi connectivity index (χ1) is 12.1. The van der Waals surface area contributed by atoms with E-state index in [0.717, 1.165) is 4.90 Å². The van der Waals surface area contributed by atoms with Crippen molar-refractivity contribution in [2.24, 2.45) is 0 Å².